The van der Waals surface area contributed by atoms with Gasteiger partial charge in [-0.05, 0) is 6.42 Å². The first-order valence-corrected chi connectivity index (χ1v) is 5.23. The molecule has 1 heterocycles. The van der Waals surface area contributed by atoms with E-state index in [9.17, 15) is 18.0 Å². The smallest absolute Gasteiger partial charge is 0.414 e. The van der Waals surface area contributed by atoms with Crippen molar-refractivity contribution < 1.29 is 27.8 Å². The fourth-order valence-electron chi connectivity index (χ4n) is 1.28. The molecule has 0 amide bonds. The SMILES string of the molecule is COC(CCNc1cnc(C(=O)O)cn1)C(F)(F)F. The third-order valence-electron chi connectivity index (χ3n) is 2.23. The van der Waals surface area contributed by atoms with Crippen molar-refractivity contribution in [2.45, 2.75) is 18.7 Å². The van der Waals surface area contributed by atoms with E-state index in [2.05, 4.69) is 20.0 Å². The highest BCUT2D eigenvalue weighted by Crippen LogP contribution is 2.24. The van der Waals surface area contributed by atoms with Crippen molar-refractivity contribution in [3.63, 3.8) is 0 Å². The van der Waals surface area contributed by atoms with Gasteiger partial charge in [-0.2, -0.15) is 13.2 Å². The lowest BCUT2D eigenvalue weighted by atomic mass is 10.2. The fourth-order valence-corrected chi connectivity index (χ4v) is 1.28. The summed E-state index contributed by atoms with van der Waals surface area (Å²) >= 11 is 0. The molecule has 0 aliphatic heterocycles. The molecule has 6 nitrogen and oxygen atoms in total. The van der Waals surface area contributed by atoms with Crippen LogP contribution in [0.4, 0.5) is 19.0 Å². The molecule has 106 valence electrons. The number of alkyl halides is 3. The number of anilines is 1. The van der Waals surface area contributed by atoms with Gasteiger partial charge in [-0.15, -0.1) is 0 Å². The largest absolute Gasteiger partial charge is 0.476 e. The highest BCUT2D eigenvalue weighted by atomic mass is 19.4. The number of hydrogen-bond donors (Lipinski definition) is 2. The molecule has 1 rings (SSSR count). The van der Waals surface area contributed by atoms with Crippen LogP contribution in [0, 0.1) is 0 Å². The second kappa shape index (κ2) is 6.32. The molecule has 19 heavy (non-hydrogen) atoms. The Bertz CT molecular complexity index is 422. The van der Waals surface area contributed by atoms with E-state index in [1.807, 2.05) is 0 Å². The first kappa shape index (κ1) is 15.2. The normalized spacial score (nSPS) is 13.1. The molecule has 2 N–H and O–H groups in total. The molecule has 9 heteroatoms. The van der Waals surface area contributed by atoms with Crippen molar-refractivity contribution in [1.29, 1.82) is 0 Å². The summed E-state index contributed by atoms with van der Waals surface area (Å²) in [5.74, 6) is -1.03. The van der Waals surface area contributed by atoms with Gasteiger partial charge in [0.2, 0.25) is 0 Å². The van der Waals surface area contributed by atoms with Crippen LogP contribution >= 0.6 is 0 Å². The summed E-state index contributed by atoms with van der Waals surface area (Å²) in [4.78, 5) is 17.8. The van der Waals surface area contributed by atoms with Gasteiger partial charge in [0.05, 0.1) is 12.4 Å². The highest BCUT2D eigenvalue weighted by molar-refractivity contribution is 5.84. The van der Waals surface area contributed by atoms with Gasteiger partial charge in [0.15, 0.2) is 11.8 Å². The van der Waals surface area contributed by atoms with Gasteiger partial charge < -0.3 is 15.2 Å². The Labute approximate surface area is 106 Å². The Morgan fingerprint density at radius 1 is 1.47 bits per heavy atom. The average molecular weight is 279 g/mol. The number of carbonyl (C=O) groups is 1. The molecule has 0 radical (unpaired) electrons. The number of hydrogen-bond acceptors (Lipinski definition) is 5. The number of aromatic carboxylic acids is 1. The third kappa shape index (κ3) is 4.70. The molecule has 1 aromatic rings. The summed E-state index contributed by atoms with van der Waals surface area (Å²) in [5.41, 5.74) is -0.240. The maximum absolute atomic E-state index is 12.3. The maximum Gasteiger partial charge on any atom is 0.414 e. The fraction of sp³-hybridized carbons (Fsp3) is 0.500. The molecule has 0 spiro atoms. The van der Waals surface area contributed by atoms with Crippen LogP contribution in [-0.4, -0.2) is 47.0 Å². The minimum absolute atomic E-state index is 0.0287. The van der Waals surface area contributed by atoms with Gasteiger partial charge >= 0.3 is 12.1 Å². The topological polar surface area (TPSA) is 84.3 Å². The highest BCUT2D eigenvalue weighted by Gasteiger charge is 2.39. The Morgan fingerprint density at radius 3 is 2.58 bits per heavy atom. The van der Waals surface area contributed by atoms with Crippen molar-refractivity contribution in [1.82, 2.24) is 9.97 Å². The molecule has 0 saturated heterocycles. The number of methoxy groups -OCH3 is 1. The number of rotatable bonds is 6. The van der Waals surface area contributed by atoms with Gasteiger partial charge in [-0.1, -0.05) is 0 Å². The second-order valence-electron chi connectivity index (χ2n) is 3.57. The van der Waals surface area contributed by atoms with E-state index in [-0.39, 0.29) is 24.5 Å². The quantitative estimate of drug-likeness (QED) is 0.822. The van der Waals surface area contributed by atoms with E-state index in [0.29, 0.717) is 0 Å². The van der Waals surface area contributed by atoms with Crippen molar-refractivity contribution in [3.05, 3.63) is 18.1 Å². The molecule has 0 aromatic carbocycles. The minimum atomic E-state index is -4.42. The molecule has 0 fully saturated rings. The van der Waals surface area contributed by atoms with E-state index >= 15 is 0 Å². The van der Waals surface area contributed by atoms with Crippen LogP contribution in [-0.2, 0) is 4.74 Å². The van der Waals surface area contributed by atoms with Crippen LogP contribution in [0.5, 0.6) is 0 Å². The Morgan fingerprint density at radius 2 is 2.16 bits per heavy atom. The van der Waals surface area contributed by atoms with Crippen LogP contribution in [0.2, 0.25) is 0 Å². The van der Waals surface area contributed by atoms with Gasteiger partial charge in [0.1, 0.15) is 5.82 Å². The first-order valence-electron chi connectivity index (χ1n) is 5.23. The van der Waals surface area contributed by atoms with Crippen molar-refractivity contribution in [2.24, 2.45) is 0 Å². The van der Waals surface area contributed by atoms with Gasteiger partial charge in [-0.3, -0.25) is 0 Å². The lowest BCUT2D eigenvalue weighted by Gasteiger charge is -2.18. The number of carboxylic acids is 1. The zero-order valence-electron chi connectivity index (χ0n) is 9.94. The summed E-state index contributed by atoms with van der Waals surface area (Å²) in [6.45, 7) is -0.0287. The number of nitrogens with one attached hydrogen (secondary N) is 1. The molecular formula is C10H12F3N3O3. The number of halogens is 3. The van der Waals surface area contributed by atoms with Crippen LogP contribution in [0.15, 0.2) is 12.4 Å². The minimum Gasteiger partial charge on any atom is -0.476 e. The molecular weight excluding hydrogens is 267 g/mol. The maximum atomic E-state index is 12.3. The van der Waals surface area contributed by atoms with E-state index < -0.39 is 18.2 Å². The zero-order chi connectivity index (χ0) is 14.5. The van der Waals surface area contributed by atoms with Crippen molar-refractivity contribution in [3.8, 4) is 0 Å². The lowest BCUT2D eigenvalue weighted by Crippen LogP contribution is -2.32. The Hall–Kier alpha value is -1.90. The molecule has 0 saturated carbocycles. The number of ether oxygens (including phenoxy) is 1. The Kier molecular flexibility index (Phi) is 5.04. The van der Waals surface area contributed by atoms with E-state index in [4.69, 9.17) is 5.11 Å². The summed E-state index contributed by atoms with van der Waals surface area (Å²) in [6, 6.07) is 0. The summed E-state index contributed by atoms with van der Waals surface area (Å²) in [5, 5.41) is 11.2. The molecule has 0 aliphatic rings. The molecule has 0 aliphatic carbocycles. The number of aromatic nitrogens is 2. The first-order chi connectivity index (χ1) is 8.84. The standard InChI is InChI=1S/C10H12F3N3O3/c1-19-7(10(11,12)13)2-3-14-8-5-15-6(4-16-8)9(17)18/h4-5,7H,2-3H2,1H3,(H,14,16)(H,17,18). The summed E-state index contributed by atoms with van der Waals surface area (Å²) in [7, 11) is 0.986. The zero-order valence-corrected chi connectivity index (χ0v) is 9.94. The summed E-state index contributed by atoms with van der Waals surface area (Å²) in [6.07, 6.45) is -4.41. The predicted molar refractivity (Wildman–Crippen MR) is 59.0 cm³/mol. The van der Waals surface area contributed by atoms with E-state index in [0.717, 1.165) is 19.5 Å². The van der Waals surface area contributed by atoms with E-state index in [1.54, 1.807) is 0 Å². The van der Waals surface area contributed by atoms with Crippen LogP contribution < -0.4 is 5.32 Å². The van der Waals surface area contributed by atoms with Gasteiger partial charge in [0, 0.05) is 13.7 Å². The number of nitrogens with zero attached hydrogens (tertiary/aromatic N) is 2. The second-order valence-corrected chi connectivity index (χ2v) is 3.57. The monoisotopic (exact) mass is 279 g/mol. The van der Waals surface area contributed by atoms with Gasteiger partial charge in [0.25, 0.3) is 0 Å². The molecule has 1 atom stereocenters. The average Bonchev–Trinajstić information content (AvgIpc) is 2.33. The van der Waals surface area contributed by atoms with Crippen LogP contribution in [0.25, 0.3) is 0 Å². The third-order valence-corrected chi connectivity index (χ3v) is 2.23. The molecule has 0 bridgehead atoms. The summed E-state index contributed by atoms with van der Waals surface area (Å²) < 4.78 is 41.4. The Balaban J connectivity index is 2.47. The number of carboxylic acid groups (broad SMARTS) is 1. The van der Waals surface area contributed by atoms with Crippen molar-refractivity contribution in [2.75, 3.05) is 19.0 Å². The van der Waals surface area contributed by atoms with Crippen LogP contribution in [0.3, 0.4) is 0 Å². The predicted octanol–water partition coefficient (Wildman–Crippen LogP) is 1.55. The lowest BCUT2D eigenvalue weighted by molar-refractivity contribution is -0.213. The van der Waals surface area contributed by atoms with Crippen molar-refractivity contribution >= 4 is 11.8 Å². The van der Waals surface area contributed by atoms with Gasteiger partial charge in [-0.25, -0.2) is 14.8 Å². The van der Waals surface area contributed by atoms with E-state index in [1.165, 1.54) is 0 Å². The molecule has 1 aromatic heterocycles. The van der Waals surface area contributed by atoms with Crippen LogP contribution in [0.1, 0.15) is 16.9 Å². The molecule has 1 unspecified atom stereocenters.